The van der Waals surface area contributed by atoms with Gasteiger partial charge in [-0.05, 0) is 25.0 Å². The highest BCUT2D eigenvalue weighted by atomic mass is 16.3. The first-order chi connectivity index (χ1) is 9.31. The molecule has 0 atom stereocenters. The molecular formula is C16H18N2O. The lowest BCUT2D eigenvalue weighted by atomic mass is 10.2. The molecule has 0 saturated carbocycles. The van der Waals surface area contributed by atoms with Gasteiger partial charge in [0, 0.05) is 37.6 Å². The summed E-state index contributed by atoms with van der Waals surface area (Å²) in [6, 6.07) is 8.21. The predicted molar refractivity (Wildman–Crippen MR) is 77.1 cm³/mol. The molecule has 3 nitrogen and oxygen atoms in total. The molecule has 2 heterocycles. The zero-order chi connectivity index (χ0) is 13.1. The van der Waals surface area contributed by atoms with Gasteiger partial charge in [-0.15, -0.1) is 0 Å². The van der Waals surface area contributed by atoms with Crippen LogP contribution in [0.4, 0.5) is 0 Å². The Hall–Kier alpha value is -1.76. The second-order valence-corrected chi connectivity index (χ2v) is 4.98. The summed E-state index contributed by atoms with van der Waals surface area (Å²) in [5.41, 5.74) is 2.16. The topological polar surface area (TPSA) is 28.4 Å². The van der Waals surface area contributed by atoms with Crippen LogP contribution < -0.4 is 5.32 Å². The first-order valence-electron chi connectivity index (χ1n) is 6.73. The third-order valence-corrected chi connectivity index (χ3v) is 3.40. The van der Waals surface area contributed by atoms with E-state index >= 15 is 0 Å². The summed E-state index contributed by atoms with van der Waals surface area (Å²) in [6.45, 7) is 7.18. The van der Waals surface area contributed by atoms with Crippen molar-refractivity contribution in [3.63, 3.8) is 0 Å². The van der Waals surface area contributed by atoms with Crippen molar-refractivity contribution in [2.24, 2.45) is 0 Å². The van der Waals surface area contributed by atoms with Crippen LogP contribution in [-0.4, -0.2) is 37.6 Å². The van der Waals surface area contributed by atoms with Crippen molar-refractivity contribution in [1.82, 2.24) is 10.2 Å². The van der Waals surface area contributed by atoms with Crippen LogP contribution in [0.15, 0.2) is 28.7 Å². The third kappa shape index (κ3) is 2.98. The molecule has 3 rings (SSSR count). The number of piperazine rings is 1. The first-order valence-corrected chi connectivity index (χ1v) is 6.73. The normalized spacial score (nSPS) is 16.3. The monoisotopic (exact) mass is 254 g/mol. The maximum Gasteiger partial charge on any atom is 0.178 e. The number of furan rings is 1. The van der Waals surface area contributed by atoms with Crippen molar-refractivity contribution >= 4 is 11.0 Å². The van der Waals surface area contributed by atoms with Crippen LogP contribution in [0.2, 0.25) is 0 Å². The van der Waals surface area contributed by atoms with Crippen molar-refractivity contribution in [3.05, 3.63) is 35.6 Å². The number of rotatable bonds is 1. The smallest absolute Gasteiger partial charge is 0.178 e. The lowest BCUT2D eigenvalue weighted by molar-refractivity contribution is 0.268. The number of nitrogens with one attached hydrogen (secondary N) is 1. The Morgan fingerprint density at radius 2 is 2.11 bits per heavy atom. The van der Waals surface area contributed by atoms with E-state index in [2.05, 4.69) is 41.1 Å². The van der Waals surface area contributed by atoms with Gasteiger partial charge in [0.25, 0.3) is 0 Å². The van der Waals surface area contributed by atoms with Gasteiger partial charge in [0.05, 0.1) is 6.54 Å². The van der Waals surface area contributed by atoms with Crippen LogP contribution in [0.3, 0.4) is 0 Å². The second kappa shape index (κ2) is 5.48. The molecule has 19 heavy (non-hydrogen) atoms. The van der Waals surface area contributed by atoms with E-state index in [-0.39, 0.29) is 0 Å². The summed E-state index contributed by atoms with van der Waals surface area (Å²) in [5.74, 6) is 7.08. The quantitative estimate of drug-likeness (QED) is 0.789. The van der Waals surface area contributed by atoms with Crippen molar-refractivity contribution in [1.29, 1.82) is 0 Å². The zero-order valence-corrected chi connectivity index (χ0v) is 11.2. The van der Waals surface area contributed by atoms with Crippen LogP contribution in [0.5, 0.6) is 0 Å². The van der Waals surface area contributed by atoms with E-state index in [1.165, 1.54) is 5.56 Å². The molecule has 0 bridgehead atoms. The Bertz CT molecular complexity index is 627. The molecule has 0 unspecified atom stereocenters. The molecule has 0 spiro atoms. The van der Waals surface area contributed by atoms with Crippen LogP contribution >= 0.6 is 0 Å². The maximum atomic E-state index is 5.71. The molecule has 1 aromatic heterocycles. The fraction of sp³-hybridized carbons (Fsp3) is 0.375. The van der Waals surface area contributed by atoms with E-state index in [1.54, 1.807) is 0 Å². The highest BCUT2D eigenvalue weighted by Gasteiger charge is 2.07. The first kappa shape index (κ1) is 12.3. The van der Waals surface area contributed by atoms with Crippen molar-refractivity contribution in [2.45, 2.75) is 6.92 Å². The van der Waals surface area contributed by atoms with Gasteiger partial charge in [-0.25, -0.2) is 0 Å². The van der Waals surface area contributed by atoms with E-state index in [9.17, 15) is 0 Å². The molecule has 1 saturated heterocycles. The highest BCUT2D eigenvalue weighted by Crippen LogP contribution is 2.19. The van der Waals surface area contributed by atoms with E-state index in [1.807, 2.05) is 12.1 Å². The van der Waals surface area contributed by atoms with Crippen molar-refractivity contribution in [3.8, 4) is 11.8 Å². The van der Waals surface area contributed by atoms with Gasteiger partial charge >= 0.3 is 0 Å². The average Bonchev–Trinajstić information content (AvgIpc) is 2.82. The fourth-order valence-electron chi connectivity index (χ4n) is 2.33. The molecule has 1 aliphatic heterocycles. The molecular weight excluding hydrogens is 236 g/mol. The molecule has 98 valence electrons. The number of aryl methyl sites for hydroxylation is 1. The molecule has 0 radical (unpaired) electrons. The minimum atomic E-state index is 0.760. The van der Waals surface area contributed by atoms with Gasteiger partial charge in [0.15, 0.2) is 5.76 Å². The van der Waals surface area contributed by atoms with Crippen molar-refractivity contribution < 1.29 is 4.42 Å². The molecule has 1 N–H and O–H groups in total. The Morgan fingerprint density at radius 1 is 1.26 bits per heavy atom. The van der Waals surface area contributed by atoms with Gasteiger partial charge in [-0.2, -0.15) is 0 Å². The minimum Gasteiger partial charge on any atom is -0.448 e. The number of nitrogens with zero attached hydrogens (tertiary/aromatic N) is 1. The van der Waals surface area contributed by atoms with E-state index in [0.29, 0.717) is 0 Å². The minimum absolute atomic E-state index is 0.760. The van der Waals surface area contributed by atoms with Crippen molar-refractivity contribution in [2.75, 3.05) is 32.7 Å². The molecule has 0 amide bonds. The highest BCUT2D eigenvalue weighted by molar-refractivity contribution is 5.79. The van der Waals surface area contributed by atoms with Gasteiger partial charge in [-0.1, -0.05) is 17.6 Å². The summed E-state index contributed by atoms with van der Waals surface area (Å²) < 4.78 is 5.71. The Kier molecular flexibility index (Phi) is 3.54. The SMILES string of the molecule is Cc1ccc2oc(C#CCN3CCNCC3)cc2c1. The number of benzene rings is 1. The summed E-state index contributed by atoms with van der Waals surface area (Å²) >= 11 is 0. The van der Waals surface area contributed by atoms with Gasteiger partial charge in [-0.3, -0.25) is 4.90 Å². The number of hydrogen-bond donors (Lipinski definition) is 1. The van der Waals surface area contributed by atoms with Crippen LogP contribution in [0, 0.1) is 18.8 Å². The second-order valence-electron chi connectivity index (χ2n) is 4.98. The van der Waals surface area contributed by atoms with Gasteiger partial charge in [0.2, 0.25) is 0 Å². The molecule has 0 aliphatic carbocycles. The fourth-order valence-corrected chi connectivity index (χ4v) is 2.33. The lowest BCUT2D eigenvalue weighted by Gasteiger charge is -2.24. The largest absolute Gasteiger partial charge is 0.448 e. The summed E-state index contributed by atoms with van der Waals surface area (Å²) in [4.78, 5) is 2.36. The molecule has 3 heteroatoms. The maximum absolute atomic E-state index is 5.71. The number of fused-ring (bicyclic) bond motifs is 1. The van der Waals surface area contributed by atoms with Gasteiger partial charge < -0.3 is 9.73 Å². The molecule has 1 fully saturated rings. The van der Waals surface area contributed by atoms with E-state index in [0.717, 1.165) is 49.5 Å². The molecule has 1 aliphatic rings. The summed E-state index contributed by atoms with van der Waals surface area (Å²) in [7, 11) is 0. The lowest BCUT2D eigenvalue weighted by Crippen LogP contribution is -2.43. The Balaban J connectivity index is 1.71. The zero-order valence-electron chi connectivity index (χ0n) is 11.2. The third-order valence-electron chi connectivity index (χ3n) is 3.40. The summed E-state index contributed by atoms with van der Waals surface area (Å²) in [5, 5.41) is 4.47. The van der Waals surface area contributed by atoms with E-state index < -0.39 is 0 Å². The Labute approximate surface area is 113 Å². The van der Waals surface area contributed by atoms with E-state index in [4.69, 9.17) is 4.42 Å². The van der Waals surface area contributed by atoms with Crippen LogP contribution in [-0.2, 0) is 0 Å². The summed E-state index contributed by atoms with van der Waals surface area (Å²) in [6.07, 6.45) is 0. The average molecular weight is 254 g/mol. The van der Waals surface area contributed by atoms with Crippen LogP contribution in [0.25, 0.3) is 11.0 Å². The predicted octanol–water partition coefficient (Wildman–Crippen LogP) is 2.00. The molecule has 1 aromatic carbocycles. The Morgan fingerprint density at radius 3 is 2.95 bits per heavy atom. The molecule has 2 aromatic rings. The standard InChI is InChI=1S/C16H18N2O/c1-13-4-5-16-14(11-13)12-15(19-16)3-2-8-18-9-6-17-7-10-18/h4-5,11-12,17H,6-10H2,1H3. The number of hydrogen-bond acceptors (Lipinski definition) is 3. The van der Waals surface area contributed by atoms with Gasteiger partial charge in [0.1, 0.15) is 5.58 Å². The van der Waals surface area contributed by atoms with Crippen LogP contribution in [0.1, 0.15) is 11.3 Å².